The van der Waals surface area contributed by atoms with Crippen LogP contribution in [0.4, 0.5) is 13.2 Å². The fourth-order valence-corrected chi connectivity index (χ4v) is 1.14. The average Bonchev–Trinajstić information content (AvgIpc) is 2.76. The highest BCUT2D eigenvalue weighted by molar-refractivity contribution is 5.28. The van der Waals surface area contributed by atoms with Crippen LogP contribution in [0.1, 0.15) is 11.4 Å². The van der Waals surface area contributed by atoms with Crippen LogP contribution in [0.2, 0.25) is 0 Å². The summed E-state index contributed by atoms with van der Waals surface area (Å²) in [5.41, 5.74) is -0.837. The number of alkyl halides is 3. The van der Waals surface area contributed by atoms with Crippen molar-refractivity contribution in [3.05, 3.63) is 36.0 Å². The third kappa shape index (κ3) is 2.23. The first-order chi connectivity index (χ1) is 8.00. The molecule has 0 amide bonds. The molecular weight excluding hydrogens is 235 g/mol. The highest BCUT2D eigenvalue weighted by Gasteiger charge is 2.30. The van der Waals surface area contributed by atoms with Gasteiger partial charge in [0, 0.05) is 6.20 Å². The molecule has 0 spiro atoms. The van der Waals surface area contributed by atoms with Gasteiger partial charge in [0.15, 0.2) is 5.82 Å². The van der Waals surface area contributed by atoms with Crippen molar-refractivity contribution >= 4 is 0 Å². The molecule has 0 N–H and O–H groups in total. The lowest BCUT2D eigenvalue weighted by Crippen LogP contribution is -2.07. The minimum absolute atomic E-state index is 0.0474. The van der Waals surface area contributed by atoms with E-state index < -0.39 is 11.7 Å². The van der Waals surface area contributed by atoms with Crippen LogP contribution in [0.3, 0.4) is 0 Å². The minimum Gasteiger partial charge on any atom is -0.237 e. The van der Waals surface area contributed by atoms with Gasteiger partial charge in [-0.25, -0.2) is 14.6 Å². The molecule has 2 heterocycles. The van der Waals surface area contributed by atoms with E-state index in [0.717, 1.165) is 29.3 Å². The van der Waals surface area contributed by atoms with Gasteiger partial charge in [0.1, 0.15) is 12.4 Å². The number of pyridine rings is 1. The number of nitrogens with zero attached hydrogens (tertiary/aromatic N) is 5. The summed E-state index contributed by atoms with van der Waals surface area (Å²) >= 11 is 0. The molecule has 5 nitrogen and oxygen atoms in total. The Morgan fingerprint density at radius 3 is 2.65 bits per heavy atom. The van der Waals surface area contributed by atoms with Crippen molar-refractivity contribution in [3.63, 3.8) is 0 Å². The summed E-state index contributed by atoms with van der Waals surface area (Å²) in [7, 11) is 0. The SMILES string of the molecule is N#Cc1ncn(-c2cc(C(F)(F)F)ccn2)n1. The maximum Gasteiger partial charge on any atom is 0.416 e. The summed E-state index contributed by atoms with van der Waals surface area (Å²) in [5.74, 6) is -0.182. The molecule has 0 atom stereocenters. The van der Waals surface area contributed by atoms with Crippen LogP contribution in [-0.2, 0) is 6.18 Å². The predicted molar refractivity (Wildman–Crippen MR) is 48.9 cm³/mol. The Labute approximate surface area is 93.2 Å². The van der Waals surface area contributed by atoms with Crippen LogP contribution in [0.5, 0.6) is 0 Å². The molecule has 0 radical (unpaired) electrons. The highest BCUT2D eigenvalue weighted by Crippen LogP contribution is 2.29. The third-order valence-corrected chi connectivity index (χ3v) is 1.90. The summed E-state index contributed by atoms with van der Waals surface area (Å²) in [6, 6.07) is 3.35. The Morgan fingerprint density at radius 2 is 2.06 bits per heavy atom. The van der Waals surface area contributed by atoms with E-state index in [1.54, 1.807) is 6.07 Å². The van der Waals surface area contributed by atoms with Gasteiger partial charge in [-0.3, -0.25) is 0 Å². The second-order valence-corrected chi connectivity index (χ2v) is 3.03. The summed E-state index contributed by atoms with van der Waals surface area (Å²) in [4.78, 5) is 7.29. The zero-order chi connectivity index (χ0) is 12.5. The number of aromatic nitrogens is 4. The molecule has 0 unspecified atom stereocenters. The standard InChI is InChI=1S/C9H4F3N5/c10-9(11,12)6-1-2-14-8(3-6)17-5-15-7(4-13)16-17/h1-3,5H. The topological polar surface area (TPSA) is 67.4 Å². The maximum absolute atomic E-state index is 12.4. The van der Waals surface area contributed by atoms with E-state index in [2.05, 4.69) is 15.1 Å². The lowest BCUT2D eigenvalue weighted by Gasteiger charge is -2.07. The second kappa shape index (κ2) is 3.86. The molecule has 0 bridgehead atoms. The molecule has 86 valence electrons. The van der Waals surface area contributed by atoms with E-state index in [0.29, 0.717) is 0 Å². The number of hydrogen-bond acceptors (Lipinski definition) is 4. The van der Waals surface area contributed by atoms with Crippen molar-refractivity contribution in [3.8, 4) is 11.9 Å². The molecule has 17 heavy (non-hydrogen) atoms. The van der Waals surface area contributed by atoms with Crippen molar-refractivity contribution in [2.24, 2.45) is 0 Å². The minimum atomic E-state index is -4.45. The van der Waals surface area contributed by atoms with E-state index >= 15 is 0 Å². The van der Waals surface area contributed by atoms with E-state index in [9.17, 15) is 13.2 Å². The first kappa shape index (κ1) is 11.1. The van der Waals surface area contributed by atoms with E-state index in [-0.39, 0.29) is 11.6 Å². The molecule has 0 aromatic carbocycles. The van der Waals surface area contributed by atoms with Crippen molar-refractivity contribution in [2.75, 3.05) is 0 Å². The van der Waals surface area contributed by atoms with Gasteiger partial charge in [0.05, 0.1) is 5.56 Å². The number of rotatable bonds is 1. The van der Waals surface area contributed by atoms with Crippen molar-refractivity contribution in [2.45, 2.75) is 6.18 Å². The number of halogens is 3. The van der Waals surface area contributed by atoms with Crippen molar-refractivity contribution < 1.29 is 13.2 Å². The van der Waals surface area contributed by atoms with E-state index in [4.69, 9.17) is 5.26 Å². The molecule has 0 aliphatic carbocycles. The van der Waals surface area contributed by atoms with Gasteiger partial charge in [-0.2, -0.15) is 18.4 Å². The molecule has 0 saturated heterocycles. The molecule has 0 aliphatic rings. The molecule has 0 fully saturated rings. The Balaban J connectivity index is 2.44. The summed E-state index contributed by atoms with van der Waals surface area (Å²) in [6.07, 6.45) is -2.30. The zero-order valence-corrected chi connectivity index (χ0v) is 8.18. The van der Waals surface area contributed by atoms with Crippen LogP contribution in [0.25, 0.3) is 5.82 Å². The molecule has 0 aliphatic heterocycles. The van der Waals surface area contributed by atoms with Crippen LogP contribution < -0.4 is 0 Å². The Morgan fingerprint density at radius 1 is 1.29 bits per heavy atom. The van der Waals surface area contributed by atoms with Crippen LogP contribution in [0, 0.1) is 11.3 Å². The van der Waals surface area contributed by atoms with E-state index in [1.807, 2.05) is 0 Å². The Hall–Kier alpha value is -2.43. The van der Waals surface area contributed by atoms with Gasteiger partial charge in [0.25, 0.3) is 5.82 Å². The first-order valence-electron chi connectivity index (χ1n) is 4.36. The van der Waals surface area contributed by atoms with Crippen molar-refractivity contribution in [1.82, 2.24) is 19.7 Å². The summed E-state index contributed by atoms with van der Waals surface area (Å²) in [5, 5.41) is 12.1. The van der Waals surface area contributed by atoms with Gasteiger partial charge >= 0.3 is 6.18 Å². The molecule has 0 saturated carbocycles. The fourth-order valence-electron chi connectivity index (χ4n) is 1.14. The molecule has 2 aromatic rings. The molecule has 2 rings (SSSR count). The van der Waals surface area contributed by atoms with Gasteiger partial charge in [-0.1, -0.05) is 0 Å². The van der Waals surface area contributed by atoms with Crippen LogP contribution in [0.15, 0.2) is 24.7 Å². The zero-order valence-electron chi connectivity index (χ0n) is 8.18. The molecule has 8 heteroatoms. The van der Waals surface area contributed by atoms with Crippen LogP contribution >= 0.6 is 0 Å². The number of hydrogen-bond donors (Lipinski definition) is 0. The molecule has 2 aromatic heterocycles. The third-order valence-electron chi connectivity index (χ3n) is 1.90. The fraction of sp³-hybridized carbons (Fsp3) is 0.111. The number of nitriles is 1. The first-order valence-corrected chi connectivity index (χ1v) is 4.36. The van der Waals surface area contributed by atoms with Gasteiger partial charge < -0.3 is 0 Å². The van der Waals surface area contributed by atoms with E-state index in [1.165, 1.54) is 0 Å². The largest absolute Gasteiger partial charge is 0.416 e. The lowest BCUT2D eigenvalue weighted by atomic mass is 10.2. The van der Waals surface area contributed by atoms with Gasteiger partial charge in [0.2, 0.25) is 0 Å². The monoisotopic (exact) mass is 239 g/mol. The summed E-state index contributed by atoms with van der Waals surface area (Å²) < 4.78 is 38.3. The Bertz CT molecular complexity index is 581. The lowest BCUT2D eigenvalue weighted by molar-refractivity contribution is -0.137. The highest BCUT2D eigenvalue weighted by atomic mass is 19.4. The molecular formula is C9H4F3N5. The van der Waals surface area contributed by atoms with Crippen molar-refractivity contribution in [1.29, 1.82) is 5.26 Å². The average molecular weight is 239 g/mol. The second-order valence-electron chi connectivity index (χ2n) is 3.03. The van der Waals surface area contributed by atoms with Gasteiger partial charge in [-0.05, 0) is 12.1 Å². The van der Waals surface area contributed by atoms with Crippen LogP contribution in [-0.4, -0.2) is 19.7 Å². The quantitative estimate of drug-likeness (QED) is 0.757. The predicted octanol–water partition coefficient (Wildman–Crippen LogP) is 1.55. The normalized spacial score (nSPS) is 11.2. The maximum atomic E-state index is 12.4. The smallest absolute Gasteiger partial charge is 0.237 e. The Kier molecular flexibility index (Phi) is 2.51. The summed E-state index contributed by atoms with van der Waals surface area (Å²) in [6.45, 7) is 0. The van der Waals surface area contributed by atoms with Gasteiger partial charge in [-0.15, -0.1) is 5.10 Å².